The second-order valence-electron chi connectivity index (χ2n) is 11.7. The molecule has 3 heterocycles. The number of aromatic nitrogens is 1. The van der Waals surface area contributed by atoms with Gasteiger partial charge < -0.3 is 19.7 Å². The Morgan fingerprint density at radius 2 is 1.80 bits per heavy atom. The number of ether oxygens (including phenoxy) is 2. The van der Waals surface area contributed by atoms with Gasteiger partial charge in [0.15, 0.2) is 0 Å². The fourth-order valence-electron chi connectivity index (χ4n) is 5.60. The highest BCUT2D eigenvalue weighted by Gasteiger charge is 2.38. The monoisotopic (exact) mass is 576 g/mol. The molecule has 0 spiro atoms. The predicted molar refractivity (Wildman–Crippen MR) is 148 cm³/mol. The quantitative estimate of drug-likeness (QED) is 0.446. The molecular formula is C30H39F3N4O4. The highest BCUT2D eigenvalue weighted by atomic mass is 19.4. The first kappa shape index (κ1) is 30.6. The van der Waals surface area contributed by atoms with Gasteiger partial charge in [-0.05, 0) is 88.8 Å². The summed E-state index contributed by atoms with van der Waals surface area (Å²) in [7, 11) is 0. The maximum absolute atomic E-state index is 13.1. The first-order valence-electron chi connectivity index (χ1n) is 14.0. The van der Waals surface area contributed by atoms with Crippen molar-refractivity contribution in [3.05, 3.63) is 58.4 Å². The summed E-state index contributed by atoms with van der Waals surface area (Å²) in [5.41, 5.74) is 2.04. The SMILES string of the molecule is Cc1c(OCCNC(=O)OC(C)(C)C)ccc([C@H]2CCCC3CN(C(=O)c4ccc(C(F)(F)F)nc4)CCN32)c1C. The molecule has 4 rings (SSSR count). The molecule has 1 aromatic carbocycles. The van der Waals surface area contributed by atoms with Crippen molar-refractivity contribution in [3.8, 4) is 5.75 Å². The van der Waals surface area contributed by atoms with E-state index in [2.05, 4.69) is 28.2 Å². The number of hydrogen-bond donors (Lipinski definition) is 1. The fraction of sp³-hybridized carbons (Fsp3) is 0.567. The van der Waals surface area contributed by atoms with Crippen molar-refractivity contribution < 1.29 is 32.2 Å². The maximum atomic E-state index is 13.1. The smallest absolute Gasteiger partial charge is 0.433 e. The average Bonchev–Trinajstić information content (AvgIpc) is 2.91. The lowest BCUT2D eigenvalue weighted by Crippen LogP contribution is -2.57. The standard InChI is InChI=1S/C30H39F3N4O4/c1-19-20(2)25(40-16-13-34-28(39)41-29(3,4)5)11-10-23(19)24-8-6-7-22-18-36(14-15-37(22)24)27(38)21-9-12-26(35-17-21)30(31,32)33/h9-12,17,22,24H,6-8,13-16,18H2,1-5H3,(H,34,39)/t22?,24-/m1/s1. The third-order valence-corrected chi connectivity index (χ3v) is 7.70. The molecule has 0 aliphatic carbocycles. The first-order chi connectivity index (χ1) is 19.2. The predicted octanol–water partition coefficient (Wildman–Crippen LogP) is 5.67. The number of alkyl carbamates (subject to hydrolysis) is 1. The van der Waals surface area contributed by atoms with Crippen molar-refractivity contribution in [2.75, 3.05) is 32.8 Å². The minimum atomic E-state index is -4.54. The summed E-state index contributed by atoms with van der Waals surface area (Å²) in [6.07, 6.45) is -1.02. The largest absolute Gasteiger partial charge is 0.491 e. The van der Waals surface area contributed by atoms with Gasteiger partial charge in [-0.2, -0.15) is 13.2 Å². The van der Waals surface area contributed by atoms with Crippen LogP contribution in [0.25, 0.3) is 0 Å². The zero-order valence-electron chi connectivity index (χ0n) is 24.3. The van der Waals surface area contributed by atoms with E-state index in [-0.39, 0.29) is 23.6 Å². The number of nitrogens with one attached hydrogen (secondary N) is 1. The topological polar surface area (TPSA) is 84.0 Å². The number of hydrogen-bond acceptors (Lipinski definition) is 6. The maximum Gasteiger partial charge on any atom is 0.433 e. The van der Waals surface area contributed by atoms with Gasteiger partial charge in [-0.15, -0.1) is 0 Å². The summed E-state index contributed by atoms with van der Waals surface area (Å²) < 4.78 is 49.8. The number of benzene rings is 1. The van der Waals surface area contributed by atoms with Crippen LogP contribution in [-0.4, -0.2) is 71.2 Å². The third kappa shape index (κ3) is 7.49. The molecule has 0 saturated carbocycles. The van der Waals surface area contributed by atoms with Gasteiger partial charge in [0.05, 0.1) is 12.1 Å². The Hall–Kier alpha value is -3.34. The van der Waals surface area contributed by atoms with Crippen LogP contribution in [0.5, 0.6) is 5.75 Å². The number of pyridine rings is 1. The number of piperazine rings is 1. The summed E-state index contributed by atoms with van der Waals surface area (Å²) >= 11 is 0. The first-order valence-corrected chi connectivity index (χ1v) is 14.0. The molecule has 2 atom stereocenters. The molecule has 2 amide bonds. The minimum absolute atomic E-state index is 0.169. The molecule has 2 aromatic rings. The van der Waals surface area contributed by atoms with Gasteiger partial charge in [0.25, 0.3) is 5.91 Å². The van der Waals surface area contributed by atoms with Crippen molar-refractivity contribution in [2.24, 2.45) is 0 Å². The Kier molecular flexibility index (Phi) is 9.16. The second-order valence-corrected chi connectivity index (χ2v) is 11.7. The summed E-state index contributed by atoms with van der Waals surface area (Å²) in [5.74, 6) is 0.479. The van der Waals surface area contributed by atoms with Gasteiger partial charge in [-0.25, -0.2) is 4.79 Å². The molecule has 1 aromatic heterocycles. The minimum Gasteiger partial charge on any atom is -0.491 e. The van der Waals surface area contributed by atoms with Crippen LogP contribution in [0.3, 0.4) is 0 Å². The number of halogens is 3. The van der Waals surface area contributed by atoms with Crippen molar-refractivity contribution in [1.29, 1.82) is 0 Å². The van der Waals surface area contributed by atoms with Crippen LogP contribution in [-0.2, 0) is 10.9 Å². The Bertz CT molecular complexity index is 1240. The van der Waals surface area contributed by atoms with Crippen molar-refractivity contribution in [3.63, 3.8) is 0 Å². The van der Waals surface area contributed by atoms with E-state index in [1.165, 1.54) is 11.6 Å². The number of carbonyl (C=O) groups excluding carboxylic acids is 2. The van der Waals surface area contributed by atoms with E-state index < -0.39 is 23.6 Å². The molecule has 0 bridgehead atoms. The summed E-state index contributed by atoms with van der Waals surface area (Å²) in [6, 6.07) is 6.53. The molecule has 2 fully saturated rings. The molecule has 2 aliphatic rings. The number of carbonyl (C=O) groups is 2. The summed E-state index contributed by atoms with van der Waals surface area (Å²) in [6.45, 7) is 11.9. The van der Waals surface area contributed by atoms with E-state index in [0.29, 0.717) is 32.8 Å². The third-order valence-electron chi connectivity index (χ3n) is 7.70. The number of amides is 2. The molecule has 2 saturated heterocycles. The molecule has 0 radical (unpaired) electrons. The Balaban J connectivity index is 1.37. The zero-order chi connectivity index (χ0) is 29.9. The van der Waals surface area contributed by atoms with Crippen LogP contribution in [0.4, 0.5) is 18.0 Å². The molecular weight excluding hydrogens is 537 g/mol. The fourth-order valence-corrected chi connectivity index (χ4v) is 5.60. The Morgan fingerprint density at radius 3 is 2.46 bits per heavy atom. The lowest BCUT2D eigenvalue weighted by Gasteiger charge is -2.48. The molecule has 1 N–H and O–H groups in total. The Morgan fingerprint density at radius 1 is 1.05 bits per heavy atom. The highest BCUT2D eigenvalue weighted by Crippen LogP contribution is 2.39. The van der Waals surface area contributed by atoms with Crippen molar-refractivity contribution in [2.45, 2.75) is 77.7 Å². The van der Waals surface area contributed by atoms with Crippen LogP contribution in [0.15, 0.2) is 30.5 Å². The summed E-state index contributed by atoms with van der Waals surface area (Å²) in [4.78, 5) is 32.6. The van der Waals surface area contributed by atoms with Gasteiger partial charge >= 0.3 is 12.3 Å². The van der Waals surface area contributed by atoms with Gasteiger partial charge in [0.1, 0.15) is 23.7 Å². The molecule has 224 valence electrons. The lowest BCUT2D eigenvalue weighted by molar-refractivity contribution is -0.141. The average molecular weight is 577 g/mol. The summed E-state index contributed by atoms with van der Waals surface area (Å²) in [5, 5.41) is 2.70. The van der Waals surface area contributed by atoms with E-state index in [0.717, 1.165) is 48.4 Å². The van der Waals surface area contributed by atoms with Crippen molar-refractivity contribution >= 4 is 12.0 Å². The number of nitrogens with zero attached hydrogens (tertiary/aromatic N) is 3. The number of alkyl halides is 3. The van der Waals surface area contributed by atoms with Gasteiger partial charge in [-0.3, -0.25) is 14.7 Å². The highest BCUT2D eigenvalue weighted by molar-refractivity contribution is 5.94. The van der Waals surface area contributed by atoms with Crippen LogP contribution < -0.4 is 10.1 Å². The van der Waals surface area contributed by atoms with E-state index in [1.54, 1.807) is 4.90 Å². The molecule has 11 heteroatoms. The molecule has 41 heavy (non-hydrogen) atoms. The molecule has 8 nitrogen and oxygen atoms in total. The van der Waals surface area contributed by atoms with Crippen LogP contribution in [0.2, 0.25) is 0 Å². The number of piperidine rings is 1. The van der Waals surface area contributed by atoms with E-state index in [1.807, 2.05) is 33.8 Å². The van der Waals surface area contributed by atoms with Gasteiger partial charge in [0.2, 0.25) is 0 Å². The van der Waals surface area contributed by atoms with Crippen molar-refractivity contribution in [1.82, 2.24) is 20.1 Å². The van der Waals surface area contributed by atoms with Crippen LogP contribution >= 0.6 is 0 Å². The molecule has 1 unspecified atom stereocenters. The molecule has 2 aliphatic heterocycles. The number of rotatable bonds is 6. The van der Waals surface area contributed by atoms with Crippen LogP contribution in [0, 0.1) is 13.8 Å². The Labute approximate surface area is 239 Å². The van der Waals surface area contributed by atoms with E-state index in [9.17, 15) is 22.8 Å². The zero-order valence-corrected chi connectivity index (χ0v) is 24.3. The second kappa shape index (κ2) is 12.3. The van der Waals surface area contributed by atoms with E-state index in [4.69, 9.17) is 9.47 Å². The van der Waals surface area contributed by atoms with E-state index >= 15 is 0 Å². The van der Waals surface area contributed by atoms with Gasteiger partial charge in [0, 0.05) is 37.9 Å². The van der Waals surface area contributed by atoms with Crippen LogP contribution in [0.1, 0.15) is 78.8 Å². The van der Waals surface area contributed by atoms with Gasteiger partial charge in [-0.1, -0.05) is 6.07 Å². The number of fused-ring (bicyclic) bond motifs is 1. The lowest BCUT2D eigenvalue weighted by atomic mass is 9.86. The normalized spacial score (nSPS) is 19.9.